The number of benzene rings is 1. The van der Waals surface area contributed by atoms with Crippen molar-refractivity contribution in [3.63, 3.8) is 0 Å². The second-order valence-corrected chi connectivity index (χ2v) is 5.85. The Morgan fingerprint density at radius 2 is 1.85 bits per heavy atom. The first-order valence-electron chi connectivity index (χ1n) is 7.84. The van der Waals surface area contributed by atoms with Gasteiger partial charge in [0.15, 0.2) is 5.78 Å². The van der Waals surface area contributed by atoms with Crippen molar-refractivity contribution < 1.29 is 9.53 Å². The van der Waals surface area contributed by atoms with Crippen molar-refractivity contribution in [3.8, 4) is 5.75 Å². The van der Waals surface area contributed by atoms with Gasteiger partial charge in [0.2, 0.25) is 0 Å². The quantitative estimate of drug-likeness (QED) is 0.844. The molecule has 0 unspecified atom stereocenters. The maximum Gasteiger partial charge on any atom is 0.163 e. The van der Waals surface area contributed by atoms with Crippen LogP contribution < -0.4 is 4.74 Å². The first kappa shape index (κ1) is 13.6. The van der Waals surface area contributed by atoms with E-state index in [0.717, 1.165) is 24.3 Å². The molecule has 0 bridgehead atoms. The van der Waals surface area contributed by atoms with Crippen LogP contribution in [-0.2, 0) is 6.42 Å². The number of ketones is 1. The Labute approximate surface area is 120 Å². The van der Waals surface area contributed by atoms with Gasteiger partial charge in [0.1, 0.15) is 12.4 Å². The van der Waals surface area contributed by atoms with E-state index < -0.39 is 0 Å². The number of rotatable bonds is 4. The van der Waals surface area contributed by atoms with Gasteiger partial charge in [0, 0.05) is 18.5 Å². The van der Waals surface area contributed by atoms with E-state index >= 15 is 0 Å². The lowest BCUT2D eigenvalue weighted by Crippen LogP contribution is -2.29. The van der Waals surface area contributed by atoms with E-state index in [1.54, 1.807) is 0 Å². The van der Waals surface area contributed by atoms with Crippen LogP contribution in [0.15, 0.2) is 18.2 Å². The highest BCUT2D eigenvalue weighted by molar-refractivity contribution is 6.00. The van der Waals surface area contributed by atoms with Gasteiger partial charge in [0.25, 0.3) is 0 Å². The normalized spacial score (nSPS) is 19.7. The number of likely N-dealkylation sites (tertiary alicyclic amines) is 1. The fraction of sp³-hybridized carbons (Fsp3) is 0.588. The van der Waals surface area contributed by atoms with E-state index in [0.29, 0.717) is 13.0 Å². The number of hydrogen-bond acceptors (Lipinski definition) is 3. The summed E-state index contributed by atoms with van der Waals surface area (Å²) in [5.74, 6) is 1.10. The maximum absolute atomic E-state index is 11.7. The van der Waals surface area contributed by atoms with Crippen molar-refractivity contribution in [2.24, 2.45) is 0 Å². The molecule has 0 N–H and O–H groups in total. The van der Waals surface area contributed by atoms with Crippen LogP contribution in [0.5, 0.6) is 5.75 Å². The lowest BCUT2D eigenvalue weighted by atomic mass is 10.1. The largest absolute Gasteiger partial charge is 0.492 e. The minimum absolute atomic E-state index is 0.262. The molecule has 1 aromatic rings. The predicted octanol–water partition coefficient (Wildman–Crippen LogP) is 3.07. The molecule has 1 aliphatic carbocycles. The number of nitrogens with zero attached hydrogens (tertiary/aromatic N) is 1. The summed E-state index contributed by atoms with van der Waals surface area (Å²) in [4.78, 5) is 14.2. The highest BCUT2D eigenvalue weighted by Crippen LogP contribution is 2.26. The number of hydrogen-bond donors (Lipinski definition) is 0. The Morgan fingerprint density at radius 1 is 1.05 bits per heavy atom. The number of carbonyl (C=O) groups is 1. The molecule has 3 rings (SSSR count). The molecule has 3 nitrogen and oxygen atoms in total. The van der Waals surface area contributed by atoms with E-state index in [1.807, 2.05) is 18.2 Å². The number of carbonyl (C=O) groups excluding carboxylic acids is 1. The van der Waals surface area contributed by atoms with E-state index in [2.05, 4.69) is 4.90 Å². The van der Waals surface area contributed by atoms with Gasteiger partial charge in [-0.25, -0.2) is 0 Å². The molecule has 1 aromatic carbocycles. The Bertz CT molecular complexity index is 476. The molecule has 1 heterocycles. The molecule has 3 heteroatoms. The van der Waals surface area contributed by atoms with Crippen LogP contribution in [0.4, 0.5) is 0 Å². The van der Waals surface area contributed by atoms with Crippen molar-refractivity contribution in [2.45, 2.75) is 38.5 Å². The Kier molecular flexibility index (Phi) is 4.36. The van der Waals surface area contributed by atoms with Crippen LogP contribution in [0, 0.1) is 0 Å². The highest BCUT2D eigenvalue weighted by Gasteiger charge is 2.19. The minimum atomic E-state index is 0.262. The fourth-order valence-electron chi connectivity index (χ4n) is 3.16. The molecule has 20 heavy (non-hydrogen) atoms. The minimum Gasteiger partial charge on any atom is -0.492 e. The topological polar surface area (TPSA) is 29.5 Å². The Hall–Kier alpha value is -1.35. The Balaban J connectivity index is 1.51. The monoisotopic (exact) mass is 273 g/mol. The van der Waals surface area contributed by atoms with Gasteiger partial charge in [-0.3, -0.25) is 9.69 Å². The number of ether oxygens (including phenoxy) is 1. The zero-order chi connectivity index (χ0) is 13.8. The number of Topliss-reactive ketones (excluding diaryl/α,β-unsaturated/α-hetero) is 1. The average Bonchev–Trinajstić information content (AvgIpc) is 2.67. The van der Waals surface area contributed by atoms with Crippen LogP contribution in [-0.4, -0.2) is 36.9 Å². The summed E-state index contributed by atoms with van der Waals surface area (Å²) in [5, 5.41) is 0. The zero-order valence-electron chi connectivity index (χ0n) is 12.1. The summed E-state index contributed by atoms with van der Waals surface area (Å²) in [6, 6.07) is 5.97. The summed E-state index contributed by atoms with van der Waals surface area (Å²) >= 11 is 0. The molecule has 0 atom stereocenters. The molecule has 1 aliphatic heterocycles. The van der Waals surface area contributed by atoms with Crippen molar-refractivity contribution in [2.75, 3.05) is 26.2 Å². The predicted molar refractivity (Wildman–Crippen MR) is 79.5 cm³/mol. The van der Waals surface area contributed by atoms with Crippen LogP contribution in [0.1, 0.15) is 48.0 Å². The van der Waals surface area contributed by atoms with Crippen LogP contribution in [0.3, 0.4) is 0 Å². The third kappa shape index (κ3) is 3.21. The van der Waals surface area contributed by atoms with Crippen LogP contribution >= 0.6 is 0 Å². The zero-order valence-corrected chi connectivity index (χ0v) is 12.1. The van der Waals surface area contributed by atoms with E-state index in [4.69, 9.17) is 4.74 Å². The fourth-order valence-corrected chi connectivity index (χ4v) is 3.16. The molecule has 1 fully saturated rings. The van der Waals surface area contributed by atoms with Crippen molar-refractivity contribution in [1.82, 2.24) is 4.90 Å². The van der Waals surface area contributed by atoms with Crippen LogP contribution in [0.25, 0.3) is 0 Å². The van der Waals surface area contributed by atoms with Gasteiger partial charge in [-0.15, -0.1) is 0 Å². The molecule has 0 aromatic heterocycles. The summed E-state index contributed by atoms with van der Waals surface area (Å²) < 4.78 is 5.83. The first-order chi connectivity index (χ1) is 9.83. The third-order valence-electron chi connectivity index (χ3n) is 4.38. The smallest absolute Gasteiger partial charge is 0.163 e. The highest BCUT2D eigenvalue weighted by atomic mass is 16.5. The second-order valence-electron chi connectivity index (χ2n) is 5.85. The van der Waals surface area contributed by atoms with Gasteiger partial charge in [0.05, 0.1) is 0 Å². The molecular formula is C17H23NO2. The van der Waals surface area contributed by atoms with Crippen molar-refractivity contribution in [1.29, 1.82) is 0 Å². The van der Waals surface area contributed by atoms with Crippen molar-refractivity contribution >= 4 is 5.78 Å². The molecule has 0 spiro atoms. The van der Waals surface area contributed by atoms with E-state index in [9.17, 15) is 4.79 Å². The first-order valence-corrected chi connectivity index (χ1v) is 7.84. The lowest BCUT2D eigenvalue weighted by molar-refractivity contribution is 0.0994. The molecule has 1 saturated heterocycles. The SMILES string of the molecule is O=C1CCc2ccc(OCCN3CCCCCC3)cc21. The third-order valence-corrected chi connectivity index (χ3v) is 4.38. The van der Waals surface area contributed by atoms with Crippen LogP contribution in [0.2, 0.25) is 0 Å². The summed E-state index contributed by atoms with van der Waals surface area (Å²) in [6.45, 7) is 4.11. The molecule has 0 saturated carbocycles. The van der Waals surface area contributed by atoms with E-state index in [-0.39, 0.29) is 5.78 Å². The summed E-state index contributed by atoms with van der Waals surface area (Å²) in [5.41, 5.74) is 2.05. The molecule has 0 radical (unpaired) electrons. The van der Waals surface area contributed by atoms with Gasteiger partial charge in [-0.05, 0) is 50.0 Å². The standard InChI is InChI=1S/C17H23NO2/c19-17-8-6-14-5-7-15(13-16(14)17)20-12-11-18-9-3-1-2-4-10-18/h5,7,13H,1-4,6,8-12H2. The lowest BCUT2D eigenvalue weighted by Gasteiger charge is -2.19. The number of aryl methyl sites for hydroxylation is 1. The molecule has 2 aliphatic rings. The van der Waals surface area contributed by atoms with Gasteiger partial charge in [-0.2, -0.15) is 0 Å². The molecular weight excluding hydrogens is 250 g/mol. The van der Waals surface area contributed by atoms with E-state index in [1.165, 1.54) is 44.3 Å². The maximum atomic E-state index is 11.7. The average molecular weight is 273 g/mol. The Morgan fingerprint density at radius 3 is 2.65 bits per heavy atom. The summed E-state index contributed by atoms with van der Waals surface area (Å²) in [7, 11) is 0. The summed E-state index contributed by atoms with van der Waals surface area (Å²) in [6.07, 6.45) is 6.91. The number of fused-ring (bicyclic) bond motifs is 1. The van der Waals surface area contributed by atoms with Gasteiger partial charge in [-0.1, -0.05) is 18.9 Å². The second kappa shape index (κ2) is 6.40. The van der Waals surface area contributed by atoms with Crippen molar-refractivity contribution in [3.05, 3.63) is 29.3 Å². The molecule has 108 valence electrons. The van der Waals surface area contributed by atoms with Gasteiger partial charge >= 0.3 is 0 Å². The van der Waals surface area contributed by atoms with Gasteiger partial charge < -0.3 is 4.74 Å². The molecule has 0 amide bonds.